The molecular weight excluding hydrogens is 216 g/mol. The highest BCUT2D eigenvalue weighted by molar-refractivity contribution is 5.95. The van der Waals surface area contributed by atoms with Gasteiger partial charge in [-0.15, -0.1) is 0 Å². The van der Waals surface area contributed by atoms with E-state index in [1.807, 2.05) is 25.1 Å². The second-order valence-electron chi connectivity index (χ2n) is 4.72. The molecular formula is C13H14N2O2. The monoisotopic (exact) mass is 230 g/mol. The van der Waals surface area contributed by atoms with Gasteiger partial charge in [0.1, 0.15) is 5.52 Å². The van der Waals surface area contributed by atoms with Crippen LogP contribution >= 0.6 is 0 Å². The summed E-state index contributed by atoms with van der Waals surface area (Å²) in [5.74, 6) is 1.45. The number of oxazole rings is 1. The molecule has 0 spiro atoms. The molecule has 0 saturated heterocycles. The lowest BCUT2D eigenvalue weighted by Crippen LogP contribution is -2.14. The molecule has 0 bridgehead atoms. The van der Waals surface area contributed by atoms with Crippen LogP contribution in [0.4, 0.5) is 5.69 Å². The van der Waals surface area contributed by atoms with Gasteiger partial charge in [0.15, 0.2) is 11.5 Å². The third-order valence-electron chi connectivity index (χ3n) is 3.21. The van der Waals surface area contributed by atoms with Gasteiger partial charge in [-0.2, -0.15) is 0 Å². The van der Waals surface area contributed by atoms with Gasteiger partial charge in [-0.05, 0) is 30.5 Å². The molecule has 88 valence electrons. The van der Waals surface area contributed by atoms with Crippen molar-refractivity contribution < 1.29 is 9.21 Å². The number of hydrogen-bond acceptors (Lipinski definition) is 3. The van der Waals surface area contributed by atoms with Crippen LogP contribution in [0.25, 0.3) is 11.1 Å². The molecule has 4 nitrogen and oxygen atoms in total. The molecule has 1 N–H and O–H groups in total. The molecule has 1 aliphatic rings. The van der Waals surface area contributed by atoms with Crippen molar-refractivity contribution in [2.24, 2.45) is 11.8 Å². The maximum absolute atomic E-state index is 11.8. The number of nitrogens with one attached hydrogen (secondary N) is 1. The van der Waals surface area contributed by atoms with Gasteiger partial charge in [-0.1, -0.05) is 6.92 Å². The third kappa shape index (κ3) is 1.90. The second-order valence-corrected chi connectivity index (χ2v) is 4.72. The molecule has 2 atom stereocenters. The summed E-state index contributed by atoms with van der Waals surface area (Å²) in [6.45, 7) is 3.90. The van der Waals surface area contributed by atoms with Crippen molar-refractivity contribution >= 4 is 22.7 Å². The Balaban J connectivity index is 1.83. The number of anilines is 1. The zero-order valence-electron chi connectivity index (χ0n) is 9.86. The summed E-state index contributed by atoms with van der Waals surface area (Å²) < 4.78 is 5.38. The van der Waals surface area contributed by atoms with Crippen molar-refractivity contribution in [3.8, 4) is 0 Å². The lowest BCUT2D eigenvalue weighted by atomic mass is 10.2. The maximum Gasteiger partial charge on any atom is 0.227 e. The molecule has 1 saturated carbocycles. The zero-order chi connectivity index (χ0) is 12.0. The smallest absolute Gasteiger partial charge is 0.227 e. The van der Waals surface area contributed by atoms with Gasteiger partial charge in [-0.25, -0.2) is 4.98 Å². The van der Waals surface area contributed by atoms with Crippen molar-refractivity contribution in [2.75, 3.05) is 5.32 Å². The number of rotatable bonds is 2. The number of carbonyl (C=O) groups is 1. The molecule has 3 rings (SSSR count). The lowest BCUT2D eigenvalue weighted by Gasteiger charge is -2.03. The topological polar surface area (TPSA) is 55.1 Å². The zero-order valence-corrected chi connectivity index (χ0v) is 9.86. The van der Waals surface area contributed by atoms with Crippen molar-refractivity contribution in [3.05, 3.63) is 24.1 Å². The maximum atomic E-state index is 11.8. The molecule has 1 aromatic carbocycles. The van der Waals surface area contributed by atoms with Gasteiger partial charge in [0.25, 0.3) is 0 Å². The predicted molar refractivity (Wildman–Crippen MR) is 64.6 cm³/mol. The Kier molecular flexibility index (Phi) is 2.18. The highest BCUT2D eigenvalue weighted by Crippen LogP contribution is 2.38. The minimum absolute atomic E-state index is 0.108. The SMILES string of the molecule is Cc1nc2cc(NC(=O)C3CC3C)ccc2o1. The Hall–Kier alpha value is -1.84. The summed E-state index contributed by atoms with van der Waals surface area (Å²) in [4.78, 5) is 16.0. The summed E-state index contributed by atoms with van der Waals surface area (Å²) in [5, 5.41) is 2.92. The van der Waals surface area contributed by atoms with E-state index in [0.29, 0.717) is 11.8 Å². The number of aryl methyl sites for hydroxylation is 1. The van der Waals surface area contributed by atoms with E-state index >= 15 is 0 Å². The Morgan fingerprint density at radius 3 is 3.00 bits per heavy atom. The van der Waals surface area contributed by atoms with Gasteiger partial charge >= 0.3 is 0 Å². The normalized spacial score (nSPS) is 22.7. The molecule has 1 heterocycles. The Morgan fingerprint density at radius 2 is 2.29 bits per heavy atom. The summed E-state index contributed by atoms with van der Waals surface area (Å²) in [6, 6.07) is 5.52. The van der Waals surface area contributed by atoms with E-state index in [9.17, 15) is 4.79 Å². The first-order valence-electron chi connectivity index (χ1n) is 5.81. The van der Waals surface area contributed by atoms with Crippen LogP contribution in [0.1, 0.15) is 19.2 Å². The number of amides is 1. The van der Waals surface area contributed by atoms with Crippen molar-refractivity contribution in [3.63, 3.8) is 0 Å². The van der Waals surface area contributed by atoms with E-state index in [-0.39, 0.29) is 11.8 Å². The number of benzene rings is 1. The first-order chi connectivity index (χ1) is 8.13. The number of hydrogen-bond donors (Lipinski definition) is 1. The Labute approximate surface area is 99.0 Å². The van der Waals surface area contributed by atoms with E-state index < -0.39 is 0 Å². The molecule has 1 aromatic heterocycles. The molecule has 2 unspecified atom stereocenters. The van der Waals surface area contributed by atoms with E-state index in [2.05, 4.69) is 17.2 Å². The van der Waals surface area contributed by atoms with Crippen LogP contribution in [-0.2, 0) is 4.79 Å². The van der Waals surface area contributed by atoms with Crippen LogP contribution in [-0.4, -0.2) is 10.9 Å². The van der Waals surface area contributed by atoms with Crippen molar-refractivity contribution in [2.45, 2.75) is 20.3 Å². The average molecular weight is 230 g/mol. The number of nitrogens with zero attached hydrogens (tertiary/aromatic N) is 1. The minimum atomic E-state index is 0.108. The second kappa shape index (κ2) is 3.58. The number of aromatic nitrogens is 1. The standard InChI is InChI=1S/C13H14N2O2/c1-7-5-10(7)13(16)15-9-3-4-12-11(6-9)14-8(2)17-12/h3-4,6-7,10H,5H2,1-2H3,(H,15,16). The molecule has 1 amide bonds. The highest BCUT2D eigenvalue weighted by Gasteiger charge is 2.39. The molecule has 4 heteroatoms. The lowest BCUT2D eigenvalue weighted by molar-refractivity contribution is -0.117. The first kappa shape index (κ1) is 10.3. The molecule has 1 fully saturated rings. The molecule has 17 heavy (non-hydrogen) atoms. The van der Waals surface area contributed by atoms with Gasteiger partial charge in [-0.3, -0.25) is 4.79 Å². The Morgan fingerprint density at radius 1 is 1.53 bits per heavy atom. The fraction of sp³-hybridized carbons (Fsp3) is 0.385. The van der Waals surface area contributed by atoms with Crippen LogP contribution in [0, 0.1) is 18.8 Å². The third-order valence-corrected chi connectivity index (χ3v) is 3.21. The molecule has 0 radical (unpaired) electrons. The largest absolute Gasteiger partial charge is 0.441 e. The van der Waals surface area contributed by atoms with E-state index in [4.69, 9.17) is 4.42 Å². The van der Waals surface area contributed by atoms with Gasteiger partial charge in [0.05, 0.1) is 0 Å². The van der Waals surface area contributed by atoms with Crippen LogP contribution in [0.15, 0.2) is 22.6 Å². The summed E-state index contributed by atoms with van der Waals surface area (Å²) in [6.07, 6.45) is 0.997. The van der Waals surface area contributed by atoms with Crippen molar-refractivity contribution in [1.29, 1.82) is 0 Å². The average Bonchev–Trinajstić information content (AvgIpc) is 2.87. The molecule has 1 aliphatic carbocycles. The van der Waals surface area contributed by atoms with Gasteiger partial charge < -0.3 is 9.73 Å². The fourth-order valence-corrected chi connectivity index (χ4v) is 2.04. The fourth-order valence-electron chi connectivity index (χ4n) is 2.04. The predicted octanol–water partition coefficient (Wildman–Crippen LogP) is 2.73. The summed E-state index contributed by atoms with van der Waals surface area (Å²) >= 11 is 0. The van der Waals surface area contributed by atoms with Crippen LogP contribution in [0.2, 0.25) is 0 Å². The minimum Gasteiger partial charge on any atom is -0.441 e. The summed E-state index contributed by atoms with van der Waals surface area (Å²) in [7, 11) is 0. The van der Waals surface area contributed by atoms with Gasteiger partial charge in [0.2, 0.25) is 5.91 Å². The van der Waals surface area contributed by atoms with Crippen molar-refractivity contribution in [1.82, 2.24) is 4.98 Å². The highest BCUT2D eigenvalue weighted by atomic mass is 16.3. The number of fused-ring (bicyclic) bond motifs is 1. The van der Waals surface area contributed by atoms with E-state index in [1.165, 1.54) is 0 Å². The van der Waals surface area contributed by atoms with E-state index in [1.54, 1.807) is 0 Å². The van der Waals surface area contributed by atoms with Gasteiger partial charge in [0, 0.05) is 18.5 Å². The van der Waals surface area contributed by atoms with Crippen LogP contribution < -0.4 is 5.32 Å². The first-order valence-corrected chi connectivity index (χ1v) is 5.81. The Bertz CT molecular complexity index is 588. The van der Waals surface area contributed by atoms with Crippen LogP contribution in [0.5, 0.6) is 0 Å². The van der Waals surface area contributed by atoms with Crippen LogP contribution in [0.3, 0.4) is 0 Å². The molecule has 2 aromatic rings. The van der Waals surface area contributed by atoms with E-state index in [0.717, 1.165) is 23.2 Å². The number of carbonyl (C=O) groups excluding carboxylic acids is 1. The quantitative estimate of drug-likeness (QED) is 0.863. The molecule has 0 aliphatic heterocycles. The summed E-state index contributed by atoms with van der Waals surface area (Å²) in [5.41, 5.74) is 2.32.